The van der Waals surface area contributed by atoms with E-state index in [0.717, 1.165) is 18.6 Å². The normalized spacial score (nSPS) is 23.7. The first-order valence-corrected chi connectivity index (χ1v) is 10.1. The molecule has 3 nitrogen and oxygen atoms in total. The predicted molar refractivity (Wildman–Crippen MR) is 103 cm³/mol. The molecule has 0 aliphatic carbocycles. The highest BCUT2D eigenvalue weighted by Gasteiger charge is 2.33. The minimum atomic E-state index is -0.234. The van der Waals surface area contributed by atoms with Gasteiger partial charge in [-0.25, -0.2) is 0 Å². The van der Waals surface area contributed by atoms with Gasteiger partial charge < -0.3 is 14.2 Å². The highest BCUT2D eigenvalue weighted by atomic mass is 16.7. The molecule has 1 aromatic carbocycles. The maximum absolute atomic E-state index is 5.92. The molecule has 142 valence electrons. The van der Waals surface area contributed by atoms with Crippen molar-refractivity contribution in [1.82, 2.24) is 0 Å². The van der Waals surface area contributed by atoms with Gasteiger partial charge >= 0.3 is 0 Å². The van der Waals surface area contributed by atoms with Gasteiger partial charge in [0.2, 0.25) is 0 Å². The fourth-order valence-electron chi connectivity index (χ4n) is 3.19. The van der Waals surface area contributed by atoms with E-state index in [4.69, 9.17) is 14.2 Å². The predicted octanol–water partition coefficient (Wildman–Crippen LogP) is 5.90. The van der Waals surface area contributed by atoms with Crippen molar-refractivity contribution < 1.29 is 14.2 Å². The van der Waals surface area contributed by atoms with Crippen molar-refractivity contribution in [3.8, 4) is 0 Å². The van der Waals surface area contributed by atoms with Gasteiger partial charge in [-0.15, -0.1) is 0 Å². The third-order valence-electron chi connectivity index (χ3n) is 4.83. The van der Waals surface area contributed by atoms with E-state index in [0.29, 0.717) is 19.8 Å². The van der Waals surface area contributed by atoms with Crippen molar-refractivity contribution in [3.05, 3.63) is 35.9 Å². The monoisotopic (exact) mass is 348 g/mol. The molecular formula is C22H36O3. The summed E-state index contributed by atoms with van der Waals surface area (Å²) in [5.74, 6) is 0. The van der Waals surface area contributed by atoms with Crippen LogP contribution in [0.15, 0.2) is 30.3 Å². The number of hydrogen-bond acceptors (Lipinski definition) is 3. The average Bonchev–Trinajstić information content (AvgIpc) is 2.65. The van der Waals surface area contributed by atoms with Crippen LogP contribution in [0.5, 0.6) is 0 Å². The average molecular weight is 349 g/mol. The van der Waals surface area contributed by atoms with E-state index in [1.54, 1.807) is 0 Å². The lowest BCUT2D eigenvalue weighted by Gasteiger charge is -2.37. The van der Waals surface area contributed by atoms with Gasteiger partial charge in [-0.05, 0) is 6.42 Å². The minimum absolute atomic E-state index is 0.0363. The summed E-state index contributed by atoms with van der Waals surface area (Å²) < 4.78 is 17.7. The highest BCUT2D eigenvalue weighted by molar-refractivity contribution is 5.16. The first-order chi connectivity index (χ1) is 12.2. The Morgan fingerprint density at radius 1 is 0.920 bits per heavy atom. The van der Waals surface area contributed by atoms with E-state index in [1.165, 1.54) is 44.9 Å². The van der Waals surface area contributed by atoms with Crippen molar-refractivity contribution in [1.29, 1.82) is 0 Å². The zero-order valence-electron chi connectivity index (χ0n) is 16.2. The molecule has 1 aliphatic heterocycles. The number of rotatable bonds is 12. The Kier molecular flexibility index (Phi) is 9.52. The zero-order valence-corrected chi connectivity index (χ0v) is 16.2. The smallest absolute Gasteiger partial charge is 0.183 e. The van der Waals surface area contributed by atoms with Crippen LogP contribution in [0.2, 0.25) is 0 Å². The van der Waals surface area contributed by atoms with E-state index >= 15 is 0 Å². The van der Waals surface area contributed by atoms with Crippen LogP contribution >= 0.6 is 0 Å². The topological polar surface area (TPSA) is 27.7 Å². The van der Waals surface area contributed by atoms with Gasteiger partial charge in [-0.2, -0.15) is 0 Å². The summed E-state index contributed by atoms with van der Waals surface area (Å²) in [5.41, 5.74) is 1.05. The molecule has 0 N–H and O–H groups in total. The van der Waals surface area contributed by atoms with Gasteiger partial charge in [-0.3, -0.25) is 0 Å². The molecule has 1 aliphatic rings. The third kappa shape index (κ3) is 7.89. The van der Waals surface area contributed by atoms with Gasteiger partial charge in [0.1, 0.15) is 0 Å². The lowest BCUT2D eigenvalue weighted by atomic mass is 9.93. The van der Waals surface area contributed by atoms with Crippen LogP contribution in [-0.4, -0.2) is 26.4 Å². The van der Waals surface area contributed by atoms with E-state index in [1.807, 2.05) is 30.3 Å². The molecule has 25 heavy (non-hydrogen) atoms. The van der Waals surface area contributed by atoms with E-state index in [-0.39, 0.29) is 11.7 Å². The first kappa shape index (κ1) is 20.4. The molecule has 1 aromatic rings. The van der Waals surface area contributed by atoms with E-state index in [2.05, 4.69) is 13.8 Å². The quantitative estimate of drug-likeness (QED) is 0.440. The van der Waals surface area contributed by atoms with Gasteiger partial charge in [0.05, 0.1) is 19.8 Å². The van der Waals surface area contributed by atoms with Crippen LogP contribution in [0.1, 0.15) is 77.1 Å². The molecule has 2 rings (SSSR count). The van der Waals surface area contributed by atoms with Crippen LogP contribution in [0.25, 0.3) is 0 Å². The number of benzene rings is 1. The second-order valence-electron chi connectivity index (χ2n) is 7.70. The molecule has 0 unspecified atom stereocenters. The van der Waals surface area contributed by atoms with Crippen LogP contribution in [0.4, 0.5) is 0 Å². The number of ether oxygens (including phenoxy) is 3. The summed E-state index contributed by atoms with van der Waals surface area (Å²) in [6.45, 7) is 7.38. The molecule has 1 saturated heterocycles. The van der Waals surface area contributed by atoms with Crippen LogP contribution in [0.3, 0.4) is 0 Å². The summed E-state index contributed by atoms with van der Waals surface area (Å²) in [4.78, 5) is 0. The number of unbranched alkanes of at least 4 members (excludes halogenated alkanes) is 7. The van der Waals surface area contributed by atoms with E-state index in [9.17, 15) is 0 Å². The Bertz CT molecular complexity index is 438. The molecule has 1 fully saturated rings. The molecular weight excluding hydrogens is 312 g/mol. The van der Waals surface area contributed by atoms with Gasteiger partial charge in [-0.1, -0.05) is 89.1 Å². The van der Waals surface area contributed by atoms with Crippen molar-refractivity contribution >= 4 is 0 Å². The third-order valence-corrected chi connectivity index (χ3v) is 4.83. The SMILES string of the molecule is CCCCCCCCCCOCC1(C)COC(c2ccccc2)OC1. The molecule has 0 saturated carbocycles. The van der Waals surface area contributed by atoms with Crippen molar-refractivity contribution in [2.75, 3.05) is 26.4 Å². The Morgan fingerprint density at radius 3 is 2.16 bits per heavy atom. The molecule has 0 spiro atoms. The lowest BCUT2D eigenvalue weighted by Crippen LogP contribution is -2.40. The highest BCUT2D eigenvalue weighted by Crippen LogP contribution is 2.31. The lowest BCUT2D eigenvalue weighted by molar-refractivity contribution is -0.239. The molecule has 1 heterocycles. The van der Waals surface area contributed by atoms with Gasteiger partial charge in [0.15, 0.2) is 6.29 Å². The maximum atomic E-state index is 5.92. The summed E-state index contributed by atoms with van der Waals surface area (Å²) in [5, 5.41) is 0. The van der Waals surface area contributed by atoms with Gasteiger partial charge in [0.25, 0.3) is 0 Å². The summed E-state index contributed by atoms with van der Waals surface area (Å²) in [6, 6.07) is 10.1. The fraction of sp³-hybridized carbons (Fsp3) is 0.727. The van der Waals surface area contributed by atoms with Crippen LogP contribution in [-0.2, 0) is 14.2 Å². The van der Waals surface area contributed by atoms with Crippen LogP contribution < -0.4 is 0 Å². The Hall–Kier alpha value is -0.900. The molecule has 3 heteroatoms. The van der Waals surface area contributed by atoms with E-state index < -0.39 is 0 Å². The van der Waals surface area contributed by atoms with Crippen LogP contribution in [0, 0.1) is 5.41 Å². The Labute approximate surface area is 154 Å². The summed E-state index contributed by atoms with van der Waals surface area (Å²) >= 11 is 0. The summed E-state index contributed by atoms with van der Waals surface area (Å²) in [6.07, 6.45) is 10.4. The first-order valence-electron chi connectivity index (χ1n) is 10.1. The van der Waals surface area contributed by atoms with Crippen molar-refractivity contribution in [2.24, 2.45) is 5.41 Å². The van der Waals surface area contributed by atoms with Crippen molar-refractivity contribution in [2.45, 2.75) is 71.5 Å². The standard InChI is InChI=1S/C22H36O3/c1-3-4-5-6-7-8-9-13-16-23-17-22(2)18-24-21(25-19-22)20-14-11-10-12-15-20/h10-12,14-15,21H,3-9,13,16-19H2,1-2H3. The molecule has 0 bridgehead atoms. The second kappa shape index (κ2) is 11.7. The molecule has 0 atom stereocenters. The molecule has 0 aromatic heterocycles. The molecule has 0 amide bonds. The largest absolute Gasteiger partial charge is 0.381 e. The number of hydrogen-bond donors (Lipinski definition) is 0. The Balaban J connectivity index is 1.50. The minimum Gasteiger partial charge on any atom is -0.381 e. The van der Waals surface area contributed by atoms with Crippen molar-refractivity contribution in [3.63, 3.8) is 0 Å². The maximum Gasteiger partial charge on any atom is 0.183 e. The second-order valence-corrected chi connectivity index (χ2v) is 7.70. The Morgan fingerprint density at radius 2 is 1.52 bits per heavy atom. The fourth-order valence-corrected chi connectivity index (χ4v) is 3.19. The van der Waals surface area contributed by atoms with Gasteiger partial charge in [0, 0.05) is 17.6 Å². The summed E-state index contributed by atoms with van der Waals surface area (Å²) in [7, 11) is 0. The zero-order chi connectivity index (χ0) is 17.8. The molecule has 0 radical (unpaired) electrons.